The second-order valence-corrected chi connectivity index (χ2v) is 7.81. The Bertz CT molecular complexity index is 1060. The standard InChI is InChI=1S/C23H24ClN5O/c1-27(16-22(30)17-28-13-5-12-25-28)14-19-15-29(21-6-3-2-4-7-21)26-23(19)18-8-10-20(24)11-9-18/h2-13,15,22,30H,14,16-17H2,1H3. The first-order valence-corrected chi connectivity index (χ1v) is 10.2. The summed E-state index contributed by atoms with van der Waals surface area (Å²) in [5.41, 5.74) is 3.99. The fourth-order valence-electron chi connectivity index (χ4n) is 3.49. The normalized spacial score (nSPS) is 12.4. The third kappa shape index (κ3) is 4.97. The van der Waals surface area contributed by atoms with Gasteiger partial charge in [-0.15, -0.1) is 0 Å². The number of halogens is 1. The van der Waals surface area contributed by atoms with E-state index >= 15 is 0 Å². The number of para-hydroxylation sites is 1. The lowest BCUT2D eigenvalue weighted by molar-refractivity contribution is 0.104. The molecule has 0 radical (unpaired) electrons. The number of nitrogens with zero attached hydrogens (tertiary/aromatic N) is 5. The second kappa shape index (κ2) is 9.26. The van der Waals surface area contributed by atoms with E-state index in [-0.39, 0.29) is 0 Å². The van der Waals surface area contributed by atoms with Crippen LogP contribution in [0.25, 0.3) is 16.9 Å². The molecule has 1 N–H and O–H groups in total. The summed E-state index contributed by atoms with van der Waals surface area (Å²) in [6.07, 6.45) is 5.10. The first-order valence-electron chi connectivity index (χ1n) is 9.82. The Hall–Kier alpha value is -2.93. The lowest BCUT2D eigenvalue weighted by atomic mass is 10.1. The summed E-state index contributed by atoms with van der Waals surface area (Å²) in [5.74, 6) is 0. The fraction of sp³-hybridized carbons (Fsp3) is 0.217. The Morgan fingerprint density at radius 3 is 2.53 bits per heavy atom. The maximum Gasteiger partial charge on any atom is 0.0972 e. The van der Waals surface area contributed by atoms with Gasteiger partial charge in [0, 0.05) is 47.8 Å². The minimum Gasteiger partial charge on any atom is -0.390 e. The molecule has 0 saturated heterocycles. The molecule has 0 saturated carbocycles. The van der Waals surface area contributed by atoms with Gasteiger partial charge in [-0.25, -0.2) is 4.68 Å². The van der Waals surface area contributed by atoms with Gasteiger partial charge in [0.05, 0.1) is 24.0 Å². The molecule has 2 aromatic carbocycles. The molecule has 0 fully saturated rings. The molecule has 1 atom stereocenters. The number of benzene rings is 2. The van der Waals surface area contributed by atoms with Crippen LogP contribution < -0.4 is 0 Å². The van der Waals surface area contributed by atoms with Crippen LogP contribution in [0.3, 0.4) is 0 Å². The summed E-state index contributed by atoms with van der Waals surface area (Å²) in [4.78, 5) is 2.10. The highest BCUT2D eigenvalue weighted by Crippen LogP contribution is 2.26. The molecule has 2 aromatic heterocycles. The summed E-state index contributed by atoms with van der Waals surface area (Å²) in [5, 5.41) is 20.1. The Morgan fingerprint density at radius 2 is 1.83 bits per heavy atom. The quantitative estimate of drug-likeness (QED) is 0.469. The molecule has 0 aliphatic rings. The molecule has 154 valence electrons. The molecule has 6 nitrogen and oxygen atoms in total. The van der Waals surface area contributed by atoms with Crippen molar-refractivity contribution < 1.29 is 5.11 Å². The van der Waals surface area contributed by atoms with E-state index in [9.17, 15) is 5.11 Å². The maximum atomic E-state index is 10.4. The van der Waals surface area contributed by atoms with Gasteiger partial charge in [-0.05, 0) is 37.4 Å². The van der Waals surface area contributed by atoms with E-state index in [1.165, 1.54) is 0 Å². The van der Waals surface area contributed by atoms with Gasteiger partial charge in [-0.1, -0.05) is 41.9 Å². The van der Waals surface area contributed by atoms with Crippen molar-refractivity contribution in [3.8, 4) is 16.9 Å². The van der Waals surface area contributed by atoms with Crippen molar-refractivity contribution in [1.82, 2.24) is 24.5 Å². The minimum atomic E-state index is -0.516. The van der Waals surface area contributed by atoms with Gasteiger partial charge in [0.15, 0.2) is 0 Å². The summed E-state index contributed by atoms with van der Waals surface area (Å²) in [6, 6.07) is 19.6. The smallest absolute Gasteiger partial charge is 0.0972 e. The van der Waals surface area contributed by atoms with Crippen molar-refractivity contribution in [3.05, 3.63) is 89.8 Å². The zero-order valence-electron chi connectivity index (χ0n) is 16.8. The molecule has 30 heavy (non-hydrogen) atoms. The van der Waals surface area contributed by atoms with Gasteiger partial charge in [0.1, 0.15) is 0 Å². The Kier molecular flexibility index (Phi) is 6.28. The van der Waals surface area contributed by atoms with Gasteiger partial charge in [0.2, 0.25) is 0 Å². The second-order valence-electron chi connectivity index (χ2n) is 7.37. The topological polar surface area (TPSA) is 59.1 Å². The van der Waals surface area contributed by atoms with E-state index in [1.807, 2.05) is 78.6 Å². The van der Waals surface area contributed by atoms with Crippen LogP contribution in [0.5, 0.6) is 0 Å². The molecule has 4 aromatic rings. The Labute approximate surface area is 180 Å². The molecular weight excluding hydrogens is 398 g/mol. The largest absolute Gasteiger partial charge is 0.390 e. The predicted octanol–water partition coefficient (Wildman–Crippen LogP) is 3.88. The molecule has 0 bridgehead atoms. The lowest BCUT2D eigenvalue weighted by Gasteiger charge is -2.20. The van der Waals surface area contributed by atoms with E-state index in [4.69, 9.17) is 16.7 Å². The highest BCUT2D eigenvalue weighted by Gasteiger charge is 2.16. The number of hydrogen-bond acceptors (Lipinski definition) is 4. The molecule has 1 unspecified atom stereocenters. The van der Waals surface area contributed by atoms with Crippen molar-refractivity contribution in [3.63, 3.8) is 0 Å². The van der Waals surface area contributed by atoms with Gasteiger partial charge in [-0.3, -0.25) is 9.58 Å². The van der Waals surface area contributed by atoms with Crippen LogP contribution in [0.15, 0.2) is 79.3 Å². The number of rotatable bonds is 8. The van der Waals surface area contributed by atoms with E-state index in [2.05, 4.69) is 16.2 Å². The number of likely N-dealkylation sites (N-methyl/N-ethyl adjacent to an activating group) is 1. The third-order valence-corrected chi connectivity index (χ3v) is 5.10. The molecule has 0 spiro atoms. The van der Waals surface area contributed by atoms with Crippen molar-refractivity contribution >= 4 is 11.6 Å². The molecule has 4 rings (SSSR count). The van der Waals surface area contributed by atoms with E-state index in [0.29, 0.717) is 24.7 Å². The van der Waals surface area contributed by atoms with Crippen LogP contribution in [0, 0.1) is 0 Å². The van der Waals surface area contributed by atoms with Crippen LogP contribution in [0.4, 0.5) is 0 Å². The maximum absolute atomic E-state index is 10.4. The average molecular weight is 422 g/mol. The minimum absolute atomic E-state index is 0.463. The van der Waals surface area contributed by atoms with E-state index < -0.39 is 6.10 Å². The number of hydrogen-bond donors (Lipinski definition) is 1. The van der Waals surface area contributed by atoms with Crippen LogP contribution in [0.1, 0.15) is 5.56 Å². The molecule has 0 amide bonds. The van der Waals surface area contributed by atoms with Gasteiger partial charge < -0.3 is 5.11 Å². The van der Waals surface area contributed by atoms with Crippen molar-refractivity contribution in [2.24, 2.45) is 0 Å². The summed E-state index contributed by atoms with van der Waals surface area (Å²) in [6.45, 7) is 1.64. The van der Waals surface area contributed by atoms with E-state index in [0.717, 1.165) is 22.5 Å². The van der Waals surface area contributed by atoms with E-state index in [1.54, 1.807) is 10.9 Å². The lowest BCUT2D eigenvalue weighted by Crippen LogP contribution is -2.32. The first-order chi connectivity index (χ1) is 14.6. The Morgan fingerprint density at radius 1 is 1.07 bits per heavy atom. The SMILES string of the molecule is CN(Cc1cn(-c2ccccc2)nc1-c1ccc(Cl)cc1)CC(O)Cn1cccn1. The number of aliphatic hydroxyl groups excluding tert-OH is 1. The number of aliphatic hydroxyl groups is 1. The molecule has 2 heterocycles. The van der Waals surface area contributed by atoms with Gasteiger partial charge in [0.25, 0.3) is 0 Å². The zero-order valence-corrected chi connectivity index (χ0v) is 17.5. The first kappa shape index (κ1) is 20.3. The van der Waals surface area contributed by atoms with Crippen LogP contribution >= 0.6 is 11.6 Å². The summed E-state index contributed by atoms with van der Waals surface area (Å²) >= 11 is 6.07. The van der Waals surface area contributed by atoms with Crippen molar-refractivity contribution in [1.29, 1.82) is 0 Å². The predicted molar refractivity (Wildman–Crippen MR) is 119 cm³/mol. The van der Waals surface area contributed by atoms with Crippen molar-refractivity contribution in [2.45, 2.75) is 19.2 Å². The van der Waals surface area contributed by atoms with Crippen LogP contribution in [-0.4, -0.2) is 49.3 Å². The van der Waals surface area contributed by atoms with Crippen LogP contribution in [0.2, 0.25) is 5.02 Å². The summed E-state index contributed by atoms with van der Waals surface area (Å²) < 4.78 is 3.64. The van der Waals surface area contributed by atoms with Gasteiger partial charge >= 0.3 is 0 Å². The van der Waals surface area contributed by atoms with Crippen molar-refractivity contribution in [2.75, 3.05) is 13.6 Å². The zero-order chi connectivity index (χ0) is 20.9. The number of aromatic nitrogens is 4. The molecular formula is C23H24ClN5O. The summed E-state index contributed by atoms with van der Waals surface area (Å²) in [7, 11) is 2.00. The average Bonchev–Trinajstić information content (AvgIpc) is 3.39. The van der Waals surface area contributed by atoms with Crippen LogP contribution in [-0.2, 0) is 13.1 Å². The molecule has 0 aliphatic heterocycles. The van der Waals surface area contributed by atoms with Gasteiger partial charge in [-0.2, -0.15) is 10.2 Å². The monoisotopic (exact) mass is 421 g/mol. The Balaban J connectivity index is 1.56. The highest BCUT2D eigenvalue weighted by molar-refractivity contribution is 6.30. The molecule has 7 heteroatoms. The highest BCUT2D eigenvalue weighted by atomic mass is 35.5. The fourth-order valence-corrected chi connectivity index (χ4v) is 3.61. The molecule has 0 aliphatic carbocycles. The third-order valence-electron chi connectivity index (χ3n) is 4.85.